The van der Waals surface area contributed by atoms with E-state index in [2.05, 4.69) is 15.6 Å². The Labute approximate surface area is 174 Å². The van der Waals surface area contributed by atoms with E-state index in [0.29, 0.717) is 29.3 Å². The first-order valence-electron chi connectivity index (χ1n) is 9.40. The van der Waals surface area contributed by atoms with Crippen LogP contribution in [0.5, 0.6) is 0 Å². The number of aromatic nitrogens is 1. The van der Waals surface area contributed by atoms with Crippen LogP contribution in [0, 0.1) is 12.8 Å². The fraction of sp³-hybridized carbons (Fsp3) is 0.421. The molecule has 0 bridgehead atoms. The lowest BCUT2D eigenvalue weighted by Gasteiger charge is -2.30. The molecule has 1 unspecified atom stereocenters. The lowest BCUT2D eigenvalue weighted by Crippen LogP contribution is -2.45. The molecule has 2 N–H and O–H groups in total. The molecule has 1 atom stereocenters. The van der Waals surface area contributed by atoms with Crippen molar-refractivity contribution in [2.75, 3.05) is 25.0 Å². The molecule has 0 radical (unpaired) electrons. The summed E-state index contributed by atoms with van der Waals surface area (Å²) in [6.07, 6.45) is 4.54. The van der Waals surface area contributed by atoms with E-state index in [-0.39, 0.29) is 31.3 Å². The minimum Gasteiger partial charge on any atom is -0.355 e. The molecule has 156 valence electrons. The summed E-state index contributed by atoms with van der Waals surface area (Å²) in [7, 11) is -3.57. The van der Waals surface area contributed by atoms with E-state index in [1.54, 1.807) is 36.7 Å². The van der Waals surface area contributed by atoms with Gasteiger partial charge in [-0.25, -0.2) is 8.42 Å². The summed E-state index contributed by atoms with van der Waals surface area (Å²) in [4.78, 5) is 29.3. The summed E-state index contributed by atoms with van der Waals surface area (Å²) in [5.41, 5.74) is 0.598. The molecule has 0 aliphatic carbocycles. The third-order valence-corrected chi connectivity index (χ3v) is 7.99. The number of rotatable bonds is 7. The van der Waals surface area contributed by atoms with Gasteiger partial charge in [0.05, 0.1) is 17.8 Å². The molecule has 1 saturated heterocycles. The summed E-state index contributed by atoms with van der Waals surface area (Å²) in [5, 5.41) is 5.45. The van der Waals surface area contributed by atoms with Crippen LogP contribution in [0.3, 0.4) is 0 Å². The van der Waals surface area contributed by atoms with Crippen molar-refractivity contribution in [2.45, 2.75) is 30.4 Å². The van der Waals surface area contributed by atoms with Crippen molar-refractivity contribution in [1.29, 1.82) is 0 Å². The molecule has 10 heteroatoms. The zero-order chi connectivity index (χ0) is 20.9. The smallest absolute Gasteiger partial charge is 0.252 e. The molecule has 1 aliphatic rings. The predicted molar refractivity (Wildman–Crippen MR) is 111 cm³/mol. The van der Waals surface area contributed by atoms with Crippen LogP contribution in [0.15, 0.2) is 40.9 Å². The maximum atomic E-state index is 12.8. The minimum atomic E-state index is -3.57. The number of thiophene rings is 1. The van der Waals surface area contributed by atoms with Gasteiger partial charge in [0.2, 0.25) is 11.8 Å². The molecule has 2 aromatic heterocycles. The van der Waals surface area contributed by atoms with Crippen LogP contribution in [0.4, 0.5) is 5.69 Å². The Bertz CT molecular complexity index is 960. The van der Waals surface area contributed by atoms with Gasteiger partial charge in [-0.1, -0.05) is 0 Å². The van der Waals surface area contributed by atoms with Gasteiger partial charge in [0.25, 0.3) is 10.0 Å². The van der Waals surface area contributed by atoms with Crippen LogP contribution < -0.4 is 10.6 Å². The highest BCUT2D eigenvalue weighted by atomic mass is 32.2. The second-order valence-corrected chi connectivity index (χ2v) is 10.4. The Balaban J connectivity index is 1.49. The SMILES string of the molecule is Cc1ccc(S(=O)(=O)N2CCCC(C(=O)NCCC(=O)Nc3cccnc3)C2)s1. The van der Waals surface area contributed by atoms with Crippen molar-refractivity contribution >= 4 is 38.9 Å². The van der Waals surface area contributed by atoms with Gasteiger partial charge in [0.15, 0.2) is 0 Å². The van der Waals surface area contributed by atoms with Gasteiger partial charge in [-0.15, -0.1) is 11.3 Å². The van der Waals surface area contributed by atoms with E-state index >= 15 is 0 Å². The average molecular weight is 437 g/mol. The van der Waals surface area contributed by atoms with E-state index in [1.807, 2.05) is 6.92 Å². The maximum absolute atomic E-state index is 12.8. The summed E-state index contributed by atoms with van der Waals surface area (Å²) in [5.74, 6) is -0.860. The van der Waals surface area contributed by atoms with Crippen LogP contribution in [0.2, 0.25) is 0 Å². The number of carbonyl (C=O) groups excluding carboxylic acids is 2. The number of aryl methyl sites for hydroxylation is 1. The number of hydrogen-bond donors (Lipinski definition) is 2. The van der Waals surface area contributed by atoms with Gasteiger partial charge in [-0.2, -0.15) is 4.31 Å². The lowest BCUT2D eigenvalue weighted by molar-refractivity contribution is -0.126. The van der Waals surface area contributed by atoms with E-state index in [4.69, 9.17) is 0 Å². The van der Waals surface area contributed by atoms with Crippen molar-refractivity contribution in [3.8, 4) is 0 Å². The molecule has 0 saturated carbocycles. The predicted octanol–water partition coefficient (Wildman–Crippen LogP) is 2.00. The molecular formula is C19H24N4O4S2. The van der Waals surface area contributed by atoms with Crippen molar-refractivity contribution in [1.82, 2.24) is 14.6 Å². The van der Waals surface area contributed by atoms with E-state index in [1.165, 1.54) is 15.6 Å². The lowest BCUT2D eigenvalue weighted by atomic mass is 9.99. The number of nitrogens with zero attached hydrogens (tertiary/aromatic N) is 2. The van der Waals surface area contributed by atoms with Crippen molar-refractivity contribution in [2.24, 2.45) is 5.92 Å². The zero-order valence-corrected chi connectivity index (χ0v) is 17.8. The first-order valence-corrected chi connectivity index (χ1v) is 11.7. The largest absolute Gasteiger partial charge is 0.355 e. The monoisotopic (exact) mass is 436 g/mol. The fourth-order valence-corrected chi connectivity index (χ4v) is 6.12. The quantitative estimate of drug-likeness (QED) is 0.690. The minimum absolute atomic E-state index is 0.129. The number of amides is 2. The fourth-order valence-electron chi connectivity index (χ4n) is 3.16. The molecule has 2 aromatic rings. The number of pyridine rings is 1. The van der Waals surface area contributed by atoms with Gasteiger partial charge in [-0.05, 0) is 44.0 Å². The summed E-state index contributed by atoms with van der Waals surface area (Å²) in [6.45, 7) is 2.63. The number of nitrogens with one attached hydrogen (secondary N) is 2. The van der Waals surface area contributed by atoms with Gasteiger partial charge in [0, 0.05) is 37.1 Å². The molecule has 0 spiro atoms. The molecule has 8 nitrogen and oxygen atoms in total. The molecule has 3 heterocycles. The van der Waals surface area contributed by atoms with Crippen LogP contribution >= 0.6 is 11.3 Å². The van der Waals surface area contributed by atoms with Crippen LogP contribution in [-0.2, 0) is 19.6 Å². The van der Waals surface area contributed by atoms with Crippen LogP contribution in [0.1, 0.15) is 24.1 Å². The summed E-state index contributed by atoms with van der Waals surface area (Å²) >= 11 is 1.24. The second kappa shape index (κ2) is 9.47. The first kappa shape index (κ1) is 21.4. The molecule has 1 fully saturated rings. The molecule has 3 rings (SSSR count). The number of carbonyl (C=O) groups is 2. The standard InChI is InChI=1S/C19H24N4O4S2/c1-14-6-7-18(28-14)29(26,27)23-11-3-4-15(13-23)19(25)21-10-8-17(24)22-16-5-2-9-20-12-16/h2,5-7,9,12,15H,3-4,8,10-11,13H2,1H3,(H,21,25)(H,22,24). The third-order valence-electron chi connectivity index (χ3n) is 4.66. The van der Waals surface area contributed by atoms with Crippen LogP contribution in [0.25, 0.3) is 0 Å². The number of sulfonamides is 1. The Hall–Kier alpha value is -2.30. The van der Waals surface area contributed by atoms with Gasteiger partial charge in [0.1, 0.15) is 4.21 Å². The highest BCUT2D eigenvalue weighted by Crippen LogP contribution is 2.28. The van der Waals surface area contributed by atoms with Gasteiger partial charge < -0.3 is 10.6 Å². The normalized spacial score (nSPS) is 17.6. The average Bonchev–Trinajstić information content (AvgIpc) is 3.16. The zero-order valence-electron chi connectivity index (χ0n) is 16.1. The number of piperidine rings is 1. The van der Waals surface area contributed by atoms with Crippen molar-refractivity contribution in [3.05, 3.63) is 41.5 Å². The molecule has 1 aliphatic heterocycles. The number of hydrogen-bond acceptors (Lipinski definition) is 6. The topological polar surface area (TPSA) is 108 Å². The molecule has 2 amide bonds. The van der Waals surface area contributed by atoms with Gasteiger partial charge in [-0.3, -0.25) is 14.6 Å². The molecule has 29 heavy (non-hydrogen) atoms. The van der Waals surface area contributed by atoms with Crippen LogP contribution in [-0.4, -0.2) is 49.2 Å². The Morgan fingerprint density at radius 2 is 2.14 bits per heavy atom. The Morgan fingerprint density at radius 3 is 2.83 bits per heavy atom. The Morgan fingerprint density at radius 1 is 1.31 bits per heavy atom. The van der Waals surface area contributed by atoms with E-state index in [9.17, 15) is 18.0 Å². The maximum Gasteiger partial charge on any atom is 0.252 e. The Kier molecular flexibility index (Phi) is 6.99. The summed E-state index contributed by atoms with van der Waals surface area (Å²) < 4.78 is 27.3. The third kappa shape index (κ3) is 5.62. The first-order chi connectivity index (χ1) is 13.9. The highest BCUT2D eigenvalue weighted by molar-refractivity contribution is 7.91. The van der Waals surface area contributed by atoms with E-state index < -0.39 is 15.9 Å². The van der Waals surface area contributed by atoms with Gasteiger partial charge >= 0.3 is 0 Å². The second-order valence-electron chi connectivity index (χ2n) is 6.90. The molecular weight excluding hydrogens is 412 g/mol. The van der Waals surface area contributed by atoms with Crippen molar-refractivity contribution < 1.29 is 18.0 Å². The highest BCUT2D eigenvalue weighted by Gasteiger charge is 2.33. The van der Waals surface area contributed by atoms with Crippen molar-refractivity contribution in [3.63, 3.8) is 0 Å². The summed E-state index contributed by atoms with van der Waals surface area (Å²) in [6, 6.07) is 6.84. The molecule has 0 aromatic carbocycles. The van der Waals surface area contributed by atoms with E-state index in [0.717, 1.165) is 4.88 Å². The number of anilines is 1.